The van der Waals surface area contributed by atoms with Crippen LogP contribution in [-0.4, -0.2) is 38.3 Å². The molecule has 25 heavy (non-hydrogen) atoms. The number of aryl methyl sites for hydroxylation is 1. The minimum Gasteiger partial charge on any atom is -0.481 e. The van der Waals surface area contributed by atoms with Crippen molar-refractivity contribution in [3.8, 4) is 5.88 Å². The topological polar surface area (TPSA) is 56.1 Å². The van der Waals surface area contributed by atoms with Gasteiger partial charge in [-0.25, -0.2) is 9.97 Å². The Labute approximate surface area is 149 Å². The molecule has 1 aliphatic heterocycles. The highest BCUT2D eigenvalue weighted by molar-refractivity contribution is 5.32. The zero-order valence-corrected chi connectivity index (χ0v) is 15.2. The molecule has 6 heteroatoms. The Morgan fingerprint density at radius 1 is 1.20 bits per heavy atom. The summed E-state index contributed by atoms with van der Waals surface area (Å²) in [5, 5.41) is 4.82. The van der Waals surface area contributed by atoms with E-state index in [4.69, 9.17) is 9.84 Å². The Balaban J connectivity index is 1.53. The van der Waals surface area contributed by atoms with Crippen molar-refractivity contribution in [2.24, 2.45) is 7.05 Å². The largest absolute Gasteiger partial charge is 0.481 e. The van der Waals surface area contributed by atoms with Crippen LogP contribution in [0.2, 0.25) is 0 Å². The van der Waals surface area contributed by atoms with E-state index in [0.717, 1.165) is 37.3 Å². The minimum atomic E-state index is 0.639. The Morgan fingerprint density at radius 2 is 2.04 bits per heavy atom. The smallest absolute Gasteiger partial charge is 0.220 e. The Bertz CT molecular complexity index is 721. The van der Waals surface area contributed by atoms with Gasteiger partial charge in [-0.05, 0) is 12.8 Å². The van der Waals surface area contributed by atoms with Gasteiger partial charge in [0.05, 0.1) is 18.5 Å². The lowest BCUT2D eigenvalue weighted by atomic mass is 9.85. The molecule has 0 aromatic carbocycles. The fourth-order valence-corrected chi connectivity index (χ4v) is 4.32. The lowest BCUT2D eigenvalue weighted by Crippen LogP contribution is -2.31. The van der Waals surface area contributed by atoms with E-state index in [2.05, 4.69) is 21.1 Å². The van der Waals surface area contributed by atoms with E-state index in [1.807, 2.05) is 11.7 Å². The van der Waals surface area contributed by atoms with Crippen molar-refractivity contribution in [3.05, 3.63) is 35.0 Å². The summed E-state index contributed by atoms with van der Waals surface area (Å²) >= 11 is 0. The van der Waals surface area contributed by atoms with Gasteiger partial charge in [-0.15, -0.1) is 0 Å². The summed E-state index contributed by atoms with van der Waals surface area (Å²) in [6.45, 7) is 2.81. The molecule has 0 bridgehead atoms. The van der Waals surface area contributed by atoms with Gasteiger partial charge in [-0.3, -0.25) is 9.58 Å². The van der Waals surface area contributed by atoms with Gasteiger partial charge in [0.15, 0.2) is 0 Å². The number of methoxy groups -OCH3 is 1. The third-order valence-electron chi connectivity index (χ3n) is 5.56. The molecule has 0 saturated heterocycles. The fraction of sp³-hybridized carbons (Fsp3) is 0.632. The highest BCUT2D eigenvalue weighted by Crippen LogP contribution is 2.34. The van der Waals surface area contributed by atoms with Crippen LogP contribution in [0.4, 0.5) is 0 Å². The summed E-state index contributed by atoms with van der Waals surface area (Å²) in [5.74, 6) is 1.35. The molecule has 2 aromatic rings. The number of rotatable bonds is 4. The normalized spacial score (nSPS) is 19.0. The van der Waals surface area contributed by atoms with Crippen molar-refractivity contribution in [1.82, 2.24) is 24.6 Å². The van der Waals surface area contributed by atoms with Gasteiger partial charge in [0.25, 0.3) is 0 Å². The molecule has 2 aromatic heterocycles. The van der Waals surface area contributed by atoms with E-state index in [-0.39, 0.29) is 0 Å². The molecular formula is C19H27N5O. The summed E-state index contributed by atoms with van der Waals surface area (Å²) in [7, 11) is 3.72. The number of hydrogen-bond acceptors (Lipinski definition) is 5. The number of fused-ring (bicyclic) bond motifs is 1. The molecule has 0 N–H and O–H groups in total. The SMILES string of the molecule is COc1ncnc2c1CN(Cc1cn(C)nc1C1CCCCC1)CC2. The molecule has 3 heterocycles. The summed E-state index contributed by atoms with van der Waals surface area (Å²) in [5.41, 5.74) is 4.97. The molecule has 0 spiro atoms. The van der Waals surface area contributed by atoms with Gasteiger partial charge >= 0.3 is 0 Å². The number of aromatic nitrogens is 4. The second-order valence-electron chi connectivity index (χ2n) is 7.32. The van der Waals surface area contributed by atoms with Crippen LogP contribution in [-0.2, 0) is 26.6 Å². The lowest BCUT2D eigenvalue weighted by molar-refractivity contribution is 0.234. The monoisotopic (exact) mass is 341 g/mol. The highest BCUT2D eigenvalue weighted by atomic mass is 16.5. The average molecular weight is 341 g/mol. The van der Waals surface area contributed by atoms with Crippen LogP contribution in [0.3, 0.4) is 0 Å². The van der Waals surface area contributed by atoms with Crippen LogP contribution >= 0.6 is 0 Å². The average Bonchev–Trinajstić information content (AvgIpc) is 3.02. The first-order valence-corrected chi connectivity index (χ1v) is 9.36. The zero-order chi connectivity index (χ0) is 17.2. The zero-order valence-electron chi connectivity index (χ0n) is 15.2. The third kappa shape index (κ3) is 3.40. The summed E-state index contributed by atoms with van der Waals surface area (Å²) in [4.78, 5) is 11.2. The Hall–Kier alpha value is -1.95. The standard InChI is InChI=1S/C19H27N5O/c1-23-10-15(18(22-23)14-6-4-3-5-7-14)11-24-9-8-17-16(12-24)19(25-2)21-13-20-17/h10,13-14H,3-9,11-12H2,1-2H3. The molecule has 1 fully saturated rings. The summed E-state index contributed by atoms with van der Waals surface area (Å²) in [6, 6.07) is 0. The molecular weight excluding hydrogens is 314 g/mol. The van der Waals surface area contributed by atoms with Crippen molar-refractivity contribution >= 4 is 0 Å². The fourth-order valence-electron chi connectivity index (χ4n) is 4.32. The van der Waals surface area contributed by atoms with E-state index in [1.165, 1.54) is 43.4 Å². The van der Waals surface area contributed by atoms with Crippen LogP contribution < -0.4 is 4.74 Å². The first kappa shape index (κ1) is 16.5. The van der Waals surface area contributed by atoms with Crippen molar-refractivity contribution < 1.29 is 4.74 Å². The van der Waals surface area contributed by atoms with E-state index < -0.39 is 0 Å². The summed E-state index contributed by atoms with van der Waals surface area (Å²) in [6.07, 6.45) is 11.4. The van der Waals surface area contributed by atoms with Gasteiger partial charge in [0.2, 0.25) is 5.88 Å². The molecule has 1 aliphatic carbocycles. The van der Waals surface area contributed by atoms with Crippen molar-refractivity contribution in [3.63, 3.8) is 0 Å². The summed E-state index contributed by atoms with van der Waals surface area (Å²) < 4.78 is 7.43. The van der Waals surface area contributed by atoms with Gasteiger partial charge in [0.1, 0.15) is 6.33 Å². The van der Waals surface area contributed by atoms with Crippen LogP contribution in [0.25, 0.3) is 0 Å². The number of nitrogens with zero attached hydrogens (tertiary/aromatic N) is 5. The molecule has 0 unspecified atom stereocenters. The molecule has 1 saturated carbocycles. The Kier molecular flexibility index (Phi) is 4.70. The van der Waals surface area contributed by atoms with E-state index in [0.29, 0.717) is 11.8 Å². The first-order valence-electron chi connectivity index (χ1n) is 9.36. The van der Waals surface area contributed by atoms with Crippen molar-refractivity contribution in [2.75, 3.05) is 13.7 Å². The van der Waals surface area contributed by atoms with Crippen LogP contribution in [0.5, 0.6) is 5.88 Å². The molecule has 0 atom stereocenters. The quantitative estimate of drug-likeness (QED) is 0.856. The lowest BCUT2D eigenvalue weighted by Gasteiger charge is -2.29. The molecule has 134 valence electrons. The van der Waals surface area contributed by atoms with Gasteiger partial charge < -0.3 is 4.74 Å². The molecule has 0 radical (unpaired) electrons. The van der Waals surface area contributed by atoms with Gasteiger partial charge in [-0.1, -0.05) is 19.3 Å². The highest BCUT2D eigenvalue weighted by Gasteiger charge is 2.25. The predicted octanol–water partition coefficient (Wildman–Crippen LogP) is 2.82. The predicted molar refractivity (Wildman–Crippen MR) is 95.4 cm³/mol. The number of ether oxygens (including phenoxy) is 1. The second-order valence-corrected chi connectivity index (χ2v) is 7.32. The Morgan fingerprint density at radius 3 is 2.84 bits per heavy atom. The molecule has 4 rings (SSSR count). The minimum absolute atomic E-state index is 0.639. The van der Waals surface area contributed by atoms with E-state index >= 15 is 0 Å². The van der Waals surface area contributed by atoms with Crippen LogP contribution in [0, 0.1) is 0 Å². The maximum Gasteiger partial charge on any atom is 0.220 e. The van der Waals surface area contributed by atoms with E-state index in [1.54, 1.807) is 13.4 Å². The van der Waals surface area contributed by atoms with Gasteiger partial charge in [-0.2, -0.15) is 5.10 Å². The van der Waals surface area contributed by atoms with Crippen LogP contribution in [0.15, 0.2) is 12.5 Å². The molecule has 0 amide bonds. The second kappa shape index (κ2) is 7.12. The first-order chi connectivity index (χ1) is 12.2. The van der Waals surface area contributed by atoms with Crippen molar-refractivity contribution in [2.45, 2.75) is 57.5 Å². The molecule has 2 aliphatic rings. The van der Waals surface area contributed by atoms with Gasteiger partial charge in [0, 0.05) is 56.3 Å². The van der Waals surface area contributed by atoms with E-state index in [9.17, 15) is 0 Å². The molecule has 6 nitrogen and oxygen atoms in total. The third-order valence-corrected chi connectivity index (χ3v) is 5.56. The van der Waals surface area contributed by atoms with Crippen molar-refractivity contribution in [1.29, 1.82) is 0 Å². The maximum atomic E-state index is 5.44. The maximum absolute atomic E-state index is 5.44. The van der Waals surface area contributed by atoms with Crippen LogP contribution in [0.1, 0.15) is 60.5 Å². The number of hydrogen-bond donors (Lipinski definition) is 0.